The number of carbonyl (C=O) groups excluding carboxylic acids is 1. The number of hydrogen-bond acceptors (Lipinski definition) is 5. The van der Waals surface area contributed by atoms with Gasteiger partial charge in [-0.3, -0.25) is 4.79 Å². The zero-order chi connectivity index (χ0) is 13.8. The van der Waals surface area contributed by atoms with Crippen molar-refractivity contribution in [3.63, 3.8) is 0 Å². The number of carbonyl (C=O) groups is 1. The first-order chi connectivity index (χ1) is 9.08. The lowest BCUT2D eigenvalue weighted by atomic mass is 10.2. The predicted molar refractivity (Wildman–Crippen MR) is 73.3 cm³/mol. The molecule has 1 N–H and O–H groups in total. The first kappa shape index (κ1) is 14.4. The highest BCUT2D eigenvalue weighted by molar-refractivity contribution is 7.09. The van der Waals surface area contributed by atoms with Crippen LogP contribution in [0.1, 0.15) is 43.4 Å². The molecular weight excluding hydrogens is 264 g/mol. The van der Waals surface area contributed by atoms with Gasteiger partial charge in [0.1, 0.15) is 0 Å². The van der Waals surface area contributed by atoms with E-state index in [1.165, 1.54) is 0 Å². The van der Waals surface area contributed by atoms with Crippen LogP contribution in [-0.2, 0) is 14.3 Å². The average molecular weight is 284 g/mol. The molecule has 0 spiro atoms. The Bertz CT molecular complexity index is 427. The second-order valence-electron chi connectivity index (χ2n) is 4.93. The Labute approximate surface area is 117 Å². The second-order valence-corrected chi connectivity index (χ2v) is 5.82. The number of thiazole rings is 1. The molecule has 0 unspecified atom stereocenters. The first-order valence-electron chi connectivity index (χ1n) is 6.53. The predicted octanol–water partition coefficient (Wildman–Crippen LogP) is 1.86. The Balaban J connectivity index is 1.91. The number of hydrogen-bond donors (Lipinski definition) is 1. The number of amides is 1. The summed E-state index contributed by atoms with van der Waals surface area (Å²) < 4.78 is 10.6. The Hall–Kier alpha value is -0.980. The van der Waals surface area contributed by atoms with Crippen LogP contribution >= 0.6 is 11.3 Å². The third kappa shape index (κ3) is 3.75. The molecule has 2 atom stereocenters. The molecule has 6 heteroatoms. The van der Waals surface area contributed by atoms with Crippen LogP contribution in [0.5, 0.6) is 0 Å². The van der Waals surface area contributed by atoms with Gasteiger partial charge in [0.25, 0.3) is 5.91 Å². The quantitative estimate of drug-likeness (QED) is 0.917. The maximum atomic E-state index is 12.0. The number of nitrogens with zero attached hydrogens (tertiary/aromatic N) is 1. The molecule has 1 fully saturated rings. The molecule has 1 amide bonds. The second kappa shape index (κ2) is 6.45. The van der Waals surface area contributed by atoms with E-state index in [-0.39, 0.29) is 11.9 Å². The van der Waals surface area contributed by atoms with Crippen molar-refractivity contribution in [3.8, 4) is 0 Å². The highest BCUT2D eigenvalue weighted by atomic mass is 32.1. The van der Waals surface area contributed by atoms with E-state index in [0.717, 1.165) is 10.7 Å². The van der Waals surface area contributed by atoms with Crippen molar-refractivity contribution in [1.29, 1.82) is 0 Å². The summed E-state index contributed by atoms with van der Waals surface area (Å²) in [4.78, 5) is 16.5. The van der Waals surface area contributed by atoms with Gasteiger partial charge in [-0.2, -0.15) is 0 Å². The number of aromatic nitrogens is 1. The highest BCUT2D eigenvalue weighted by Gasteiger charge is 2.24. The molecule has 2 rings (SSSR count). The topological polar surface area (TPSA) is 60.5 Å². The van der Waals surface area contributed by atoms with E-state index in [1.807, 2.05) is 12.3 Å². The van der Waals surface area contributed by atoms with Crippen LogP contribution in [0.3, 0.4) is 0 Å². The van der Waals surface area contributed by atoms with Gasteiger partial charge >= 0.3 is 0 Å². The van der Waals surface area contributed by atoms with Crippen molar-refractivity contribution >= 4 is 17.2 Å². The fourth-order valence-corrected chi connectivity index (χ4v) is 2.71. The van der Waals surface area contributed by atoms with Crippen LogP contribution in [0.2, 0.25) is 0 Å². The summed E-state index contributed by atoms with van der Waals surface area (Å²) in [7, 11) is 0. The van der Waals surface area contributed by atoms with Crippen molar-refractivity contribution < 1.29 is 14.3 Å². The zero-order valence-electron chi connectivity index (χ0n) is 11.5. The fourth-order valence-electron chi connectivity index (χ4n) is 1.78. The summed E-state index contributed by atoms with van der Waals surface area (Å²) in [5, 5.41) is 6.01. The Morgan fingerprint density at radius 2 is 2.26 bits per heavy atom. The number of ether oxygens (including phenoxy) is 2. The molecular formula is C13H20N2O3S. The van der Waals surface area contributed by atoms with E-state index in [4.69, 9.17) is 9.47 Å². The Morgan fingerprint density at radius 1 is 1.47 bits per heavy atom. The van der Waals surface area contributed by atoms with Crippen molar-refractivity contribution in [2.24, 2.45) is 0 Å². The molecule has 0 aliphatic carbocycles. The summed E-state index contributed by atoms with van der Waals surface area (Å²) in [5.41, 5.74) is 0.902. The third-order valence-electron chi connectivity index (χ3n) is 2.94. The minimum absolute atomic E-state index is 0.109. The molecule has 1 aliphatic heterocycles. The van der Waals surface area contributed by atoms with Crippen molar-refractivity contribution in [3.05, 3.63) is 16.1 Å². The molecule has 0 radical (unpaired) electrons. The van der Waals surface area contributed by atoms with Crippen LogP contribution in [0.4, 0.5) is 0 Å². The third-order valence-corrected chi connectivity index (χ3v) is 4.11. The molecule has 106 valence electrons. The molecule has 1 aromatic heterocycles. The smallest absolute Gasteiger partial charge is 0.252 e. The Kier molecular flexibility index (Phi) is 4.90. The lowest BCUT2D eigenvalue weighted by Crippen LogP contribution is -2.43. The number of nitrogens with one attached hydrogen (secondary N) is 1. The molecule has 1 aliphatic rings. The molecule has 5 nitrogen and oxygen atoms in total. The van der Waals surface area contributed by atoms with Crippen molar-refractivity contribution in [1.82, 2.24) is 10.3 Å². The van der Waals surface area contributed by atoms with Gasteiger partial charge in [-0.1, -0.05) is 13.8 Å². The van der Waals surface area contributed by atoms with Gasteiger partial charge in [-0.25, -0.2) is 4.98 Å². The minimum atomic E-state index is -0.501. The molecule has 19 heavy (non-hydrogen) atoms. The van der Waals surface area contributed by atoms with Gasteiger partial charge < -0.3 is 14.8 Å². The maximum absolute atomic E-state index is 12.0. The molecule has 1 saturated heterocycles. The summed E-state index contributed by atoms with van der Waals surface area (Å²) in [5.74, 6) is 0.281. The standard InChI is InChI=1S/C13H20N2O3S/c1-8(2)13-15-10(7-19-13)9(3)14-12(16)11-6-17-4-5-18-11/h7-9,11H,4-6H2,1-3H3,(H,14,16)/t9-,11-/m0/s1. The summed E-state index contributed by atoms with van der Waals surface area (Å²) in [6.07, 6.45) is -0.501. The lowest BCUT2D eigenvalue weighted by molar-refractivity contribution is -0.148. The summed E-state index contributed by atoms with van der Waals surface area (Å²) in [6, 6.07) is -0.109. The molecule has 2 heterocycles. The lowest BCUT2D eigenvalue weighted by Gasteiger charge is -2.23. The molecule has 0 saturated carbocycles. The van der Waals surface area contributed by atoms with Gasteiger partial charge in [0.2, 0.25) is 0 Å². The van der Waals surface area contributed by atoms with E-state index in [1.54, 1.807) is 11.3 Å². The van der Waals surface area contributed by atoms with E-state index < -0.39 is 6.10 Å². The van der Waals surface area contributed by atoms with Gasteiger partial charge in [-0.05, 0) is 6.92 Å². The Morgan fingerprint density at radius 3 is 2.84 bits per heavy atom. The highest BCUT2D eigenvalue weighted by Crippen LogP contribution is 2.22. The average Bonchev–Trinajstić information content (AvgIpc) is 2.89. The van der Waals surface area contributed by atoms with E-state index >= 15 is 0 Å². The maximum Gasteiger partial charge on any atom is 0.252 e. The SMILES string of the molecule is CC(C)c1nc([C@H](C)NC(=O)[C@@H]2COCCO2)cs1. The van der Waals surface area contributed by atoms with Crippen LogP contribution < -0.4 is 5.32 Å². The van der Waals surface area contributed by atoms with E-state index in [0.29, 0.717) is 25.7 Å². The monoisotopic (exact) mass is 284 g/mol. The molecule has 0 bridgehead atoms. The molecule has 1 aromatic rings. The van der Waals surface area contributed by atoms with Gasteiger partial charge in [0, 0.05) is 11.3 Å². The van der Waals surface area contributed by atoms with Gasteiger partial charge in [0.05, 0.1) is 36.6 Å². The van der Waals surface area contributed by atoms with E-state index in [9.17, 15) is 4.79 Å². The van der Waals surface area contributed by atoms with Crippen molar-refractivity contribution in [2.75, 3.05) is 19.8 Å². The van der Waals surface area contributed by atoms with Crippen LogP contribution in [0, 0.1) is 0 Å². The summed E-state index contributed by atoms with van der Waals surface area (Å²) >= 11 is 1.63. The molecule has 0 aromatic carbocycles. The van der Waals surface area contributed by atoms with Crippen molar-refractivity contribution in [2.45, 2.75) is 38.8 Å². The minimum Gasteiger partial charge on any atom is -0.376 e. The van der Waals surface area contributed by atoms with Crippen LogP contribution in [0.15, 0.2) is 5.38 Å². The fraction of sp³-hybridized carbons (Fsp3) is 0.692. The normalized spacial score (nSPS) is 21.4. The first-order valence-corrected chi connectivity index (χ1v) is 7.41. The van der Waals surface area contributed by atoms with Crippen LogP contribution in [-0.4, -0.2) is 36.8 Å². The van der Waals surface area contributed by atoms with Crippen LogP contribution in [0.25, 0.3) is 0 Å². The number of rotatable bonds is 4. The summed E-state index contributed by atoms with van der Waals surface area (Å²) in [6.45, 7) is 7.51. The zero-order valence-corrected chi connectivity index (χ0v) is 12.3. The van der Waals surface area contributed by atoms with Gasteiger partial charge in [0.15, 0.2) is 6.10 Å². The van der Waals surface area contributed by atoms with Gasteiger partial charge in [-0.15, -0.1) is 11.3 Å². The van der Waals surface area contributed by atoms with E-state index in [2.05, 4.69) is 24.1 Å². The largest absolute Gasteiger partial charge is 0.376 e.